The van der Waals surface area contributed by atoms with Crippen LogP contribution in [0.15, 0.2) is 0 Å². The third kappa shape index (κ3) is 3.62. The molecule has 1 saturated heterocycles. The zero-order chi connectivity index (χ0) is 14.2. The fourth-order valence-electron chi connectivity index (χ4n) is 3.28. The highest BCUT2D eigenvalue weighted by Crippen LogP contribution is 2.44. The van der Waals surface area contributed by atoms with Gasteiger partial charge in [0.15, 0.2) is 0 Å². The Bertz CT molecular complexity index is 334. The lowest BCUT2D eigenvalue weighted by Gasteiger charge is -2.42. The Morgan fingerprint density at radius 3 is 2.42 bits per heavy atom. The first-order valence-electron chi connectivity index (χ1n) is 7.55. The SMILES string of the molecule is CCC1C(N)CN(C(=O)OC(C)(C)C)CC1C1CC1. The van der Waals surface area contributed by atoms with Crippen molar-refractivity contribution < 1.29 is 9.53 Å². The summed E-state index contributed by atoms with van der Waals surface area (Å²) in [4.78, 5) is 14.0. The topological polar surface area (TPSA) is 55.6 Å². The zero-order valence-corrected chi connectivity index (χ0v) is 12.7. The predicted molar refractivity (Wildman–Crippen MR) is 75.8 cm³/mol. The number of hydrogen-bond donors (Lipinski definition) is 1. The number of nitrogens with zero attached hydrogens (tertiary/aromatic N) is 1. The lowest BCUT2D eigenvalue weighted by molar-refractivity contribution is 0.00352. The molecule has 0 aromatic heterocycles. The molecule has 2 N–H and O–H groups in total. The van der Waals surface area contributed by atoms with E-state index in [-0.39, 0.29) is 12.1 Å². The van der Waals surface area contributed by atoms with E-state index in [4.69, 9.17) is 10.5 Å². The molecule has 1 heterocycles. The van der Waals surface area contributed by atoms with Crippen LogP contribution < -0.4 is 5.73 Å². The van der Waals surface area contributed by atoms with Gasteiger partial charge in [0.2, 0.25) is 0 Å². The highest BCUT2D eigenvalue weighted by molar-refractivity contribution is 5.68. The van der Waals surface area contributed by atoms with E-state index in [0.29, 0.717) is 18.4 Å². The maximum atomic E-state index is 12.2. The van der Waals surface area contributed by atoms with Gasteiger partial charge in [-0.25, -0.2) is 4.79 Å². The minimum atomic E-state index is -0.433. The standard InChI is InChI=1S/C15H28N2O2/c1-5-11-12(10-6-7-10)8-17(9-13(11)16)14(18)19-15(2,3)4/h10-13H,5-9,16H2,1-4H3. The van der Waals surface area contributed by atoms with E-state index in [9.17, 15) is 4.79 Å². The zero-order valence-electron chi connectivity index (χ0n) is 12.7. The number of carbonyl (C=O) groups excluding carboxylic acids is 1. The molecule has 4 heteroatoms. The van der Waals surface area contributed by atoms with E-state index < -0.39 is 5.60 Å². The van der Waals surface area contributed by atoms with Gasteiger partial charge in [0.05, 0.1) is 0 Å². The highest BCUT2D eigenvalue weighted by atomic mass is 16.6. The van der Waals surface area contributed by atoms with Crippen molar-refractivity contribution in [3.05, 3.63) is 0 Å². The molecule has 4 nitrogen and oxygen atoms in total. The molecule has 1 aliphatic carbocycles. The molecule has 0 bridgehead atoms. The minimum absolute atomic E-state index is 0.0943. The van der Waals surface area contributed by atoms with Crippen LogP contribution in [0.1, 0.15) is 47.0 Å². The average molecular weight is 268 g/mol. The van der Waals surface area contributed by atoms with Crippen molar-refractivity contribution in [1.82, 2.24) is 4.90 Å². The smallest absolute Gasteiger partial charge is 0.410 e. The van der Waals surface area contributed by atoms with Crippen molar-refractivity contribution in [3.8, 4) is 0 Å². The molecule has 0 aromatic carbocycles. The Morgan fingerprint density at radius 2 is 1.95 bits per heavy atom. The second kappa shape index (κ2) is 5.31. The van der Waals surface area contributed by atoms with Gasteiger partial charge in [-0.3, -0.25) is 0 Å². The van der Waals surface area contributed by atoms with Gasteiger partial charge in [-0.15, -0.1) is 0 Å². The van der Waals surface area contributed by atoms with Gasteiger partial charge in [-0.05, 0) is 51.4 Å². The fourth-order valence-corrected chi connectivity index (χ4v) is 3.28. The molecule has 0 radical (unpaired) electrons. The Hall–Kier alpha value is -0.770. The molecule has 0 spiro atoms. The molecule has 2 rings (SSSR count). The molecule has 2 aliphatic rings. The van der Waals surface area contributed by atoms with Crippen LogP contribution in [0.3, 0.4) is 0 Å². The molecule has 19 heavy (non-hydrogen) atoms. The predicted octanol–water partition coefficient (Wildman–Crippen LogP) is 2.62. The molecule has 110 valence electrons. The molecular formula is C15H28N2O2. The van der Waals surface area contributed by atoms with E-state index in [1.807, 2.05) is 25.7 Å². The summed E-state index contributed by atoms with van der Waals surface area (Å²) in [5, 5.41) is 0. The van der Waals surface area contributed by atoms with E-state index in [2.05, 4.69) is 6.92 Å². The maximum Gasteiger partial charge on any atom is 0.410 e. The Balaban J connectivity index is 2.01. The van der Waals surface area contributed by atoms with Crippen LogP contribution >= 0.6 is 0 Å². The summed E-state index contributed by atoms with van der Waals surface area (Å²) in [7, 11) is 0. The molecule has 0 aromatic rings. The summed E-state index contributed by atoms with van der Waals surface area (Å²) in [6.07, 6.45) is 3.51. The second-order valence-corrected chi connectivity index (χ2v) is 7.12. The number of amides is 1. The van der Waals surface area contributed by atoms with E-state index >= 15 is 0 Å². The third-order valence-electron chi connectivity index (χ3n) is 4.31. The van der Waals surface area contributed by atoms with Crippen LogP contribution in [0.25, 0.3) is 0 Å². The number of likely N-dealkylation sites (tertiary alicyclic amines) is 1. The average Bonchev–Trinajstić information content (AvgIpc) is 3.09. The normalized spacial score (nSPS) is 32.3. The van der Waals surface area contributed by atoms with Crippen molar-refractivity contribution in [1.29, 1.82) is 0 Å². The number of rotatable bonds is 2. The van der Waals surface area contributed by atoms with Crippen LogP contribution in [0, 0.1) is 17.8 Å². The molecule has 2 fully saturated rings. The molecule has 3 unspecified atom stereocenters. The molecule has 1 saturated carbocycles. The maximum absolute atomic E-state index is 12.2. The van der Waals surface area contributed by atoms with Crippen molar-refractivity contribution >= 4 is 6.09 Å². The summed E-state index contributed by atoms with van der Waals surface area (Å²) in [5.74, 6) is 1.91. The summed E-state index contributed by atoms with van der Waals surface area (Å²) >= 11 is 0. The largest absolute Gasteiger partial charge is 0.444 e. The molecule has 3 atom stereocenters. The van der Waals surface area contributed by atoms with Crippen LogP contribution in [-0.4, -0.2) is 35.7 Å². The van der Waals surface area contributed by atoms with Gasteiger partial charge in [0.1, 0.15) is 5.60 Å². The Labute approximate surface area is 116 Å². The van der Waals surface area contributed by atoms with Gasteiger partial charge in [-0.2, -0.15) is 0 Å². The monoisotopic (exact) mass is 268 g/mol. The van der Waals surface area contributed by atoms with Gasteiger partial charge >= 0.3 is 6.09 Å². The van der Waals surface area contributed by atoms with Crippen molar-refractivity contribution in [3.63, 3.8) is 0 Å². The van der Waals surface area contributed by atoms with Gasteiger partial charge < -0.3 is 15.4 Å². The van der Waals surface area contributed by atoms with Crippen LogP contribution in [-0.2, 0) is 4.74 Å². The van der Waals surface area contributed by atoms with Crippen molar-refractivity contribution in [2.45, 2.75) is 58.6 Å². The number of hydrogen-bond acceptors (Lipinski definition) is 3. The fraction of sp³-hybridized carbons (Fsp3) is 0.933. The quantitative estimate of drug-likeness (QED) is 0.837. The van der Waals surface area contributed by atoms with E-state index in [0.717, 1.165) is 18.9 Å². The summed E-state index contributed by atoms with van der Waals surface area (Å²) in [5.41, 5.74) is 5.86. The lowest BCUT2D eigenvalue weighted by Crippen LogP contribution is -2.56. The van der Waals surface area contributed by atoms with E-state index in [1.54, 1.807) is 0 Å². The van der Waals surface area contributed by atoms with Crippen LogP contribution in [0.2, 0.25) is 0 Å². The molecular weight excluding hydrogens is 240 g/mol. The Morgan fingerprint density at radius 1 is 1.32 bits per heavy atom. The first-order valence-corrected chi connectivity index (χ1v) is 7.55. The lowest BCUT2D eigenvalue weighted by atomic mass is 9.78. The Kier molecular flexibility index (Phi) is 4.09. The van der Waals surface area contributed by atoms with Crippen molar-refractivity contribution in [2.75, 3.05) is 13.1 Å². The summed E-state index contributed by atoms with van der Waals surface area (Å²) in [6, 6.07) is 0.0943. The number of piperidine rings is 1. The van der Waals surface area contributed by atoms with Crippen molar-refractivity contribution in [2.24, 2.45) is 23.5 Å². The first kappa shape index (κ1) is 14.6. The van der Waals surface area contributed by atoms with E-state index in [1.165, 1.54) is 12.8 Å². The number of nitrogens with two attached hydrogens (primary N) is 1. The van der Waals surface area contributed by atoms with Crippen LogP contribution in [0.4, 0.5) is 4.79 Å². The first-order chi connectivity index (χ1) is 8.81. The van der Waals surface area contributed by atoms with Gasteiger partial charge in [-0.1, -0.05) is 13.3 Å². The van der Waals surface area contributed by atoms with Crippen LogP contribution in [0.5, 0.6) is 0 Å². The van der Waals surface area contributed by atoms with Gasteiger partial charge in [0.25, 0.3) is 0 Å². The number of carbonyl (C=O) groups is 1. The summed E-state index contributed by atoms with van der Waals surface area (Å²) in [6.45, 7) is 9.39. The second-order valence-electron chi connectivity index (χ2n) is 7.12. The highest BCUT2D eigenvalue weighted by Gasteiger charge is 2.44. The molecule has 1 aliphatic heterocycles. The molecule has 1 amide bonds. The third-order valence-corrected chi connectivity index (χ3v) is 4.31. The minimum Gasteiger partial charge on any atom is -0.444 e. The van der Waals surface area contributed by atoms with Gasteiger partial charge in [0, 0.05) is 19.1 Å². The number of ether oxygens (including phenoxy) is 1. The summed E-state index contributed by atoms with van der Waals surface area (Å²) < 4.78 is 5.47.